The first-order chi connectivity index (χ1) is 9.00. The molecule has 5 heteroatoms. The Labute approximate surface area is 113 Å². The van der Waals surface area contributed by atoms with Gasteiger partial charge in [-0.05, 0) is 24.5 Å². The third kappa shape index (κ3) is 3.12. The van der Waals surface area contributed by atoms with Crippen LogP contribution in [0.4, 0.5) is 0 Å². The number of sulfonamides is 1. The van der Waals surface area contributed by atoms with Crippen LogP contribution in [0.5, 0.6) is 0 Å². The van der Waals surface area contributed by atoms with E-state index in [1.54, 1.807) is 12.1 Å². The number of rotatable bonds is 3. The lowest BCUT2D eigenvalue weighted by Gasteiger charge is -2.25. The van der Waals surface area contributed by atoms with Gasteiger partial charge in [0, 0.05) is 12.1 Å². The maximum Gasteiger partial charge on any atom is 0.262 e. The molecule has 0 N–H and O–H groups in total. The van der Waals surface area contributed by atoms with Gasteiger partial charge >= 0.3 is 0 Å². The lowest BCUT2D eigenvalue weighted by Crippen LogP contribution is -2.40. The van der Waals surface area contributed by atoms with Gasteiger partial charge in [0.05, 0.1) is 5.41 Å². The zero-order valence-electron chi connectivity index (χ0n) is 10.5. The van der Waals surface area contributed by atoms with Crippen molar-refractivity contribution in [1.29, 1.82) is 0 Å². The molecule has 1 aliphatic heterocycles. The van der Waals surface area contributed by atoms with Crippen molar-refractivity contribution in [2.45, 2.75) is 12.8 Å². The number of nitrogens with zero attached hydrogens (tertiary/aromatic N) is 1. The van der Waals surface area contributed by atoms with Crippen molar-refractivity contribution in [1.82, 2.24) is 4.31 Å². The van der Waals surface area contributed by atoms with E-state index in [-0.39, 0.29) is 6.54 Å². The molecule has 0 aliphatic carbocycles. The summed E-state index contributed by atoms with van der Waals surface area (Å²) in [7, 11) is -3.72. The Kier molecular flexibility index (Phi) is 3.85. The third-order valence-corrected chi connectivity index (χ3v) is 4.35. The van der Waals surface area contributed by atoms with E-state index in [2.05, 4.69) is 6.58 Å². The van der Waals surface area contributed by atoms with Crippen molar-refractivity contribution in [3.05, 3.63) is 53.5 Å². The van der Waals surface area contributed by atoms with Crippen molar-refractivity contribution < 1.29 is 13.2 Å². The van der Waals surface area contributed by atoms with Crippen molar-refractivity contribution in [3.8, 4) is 0 Å². The fourth-order valence-electron chi connectivity index (χ4n) is 1.87. The molecule has 1 aromatic carbocycles. The first-order valence-electron chi connectivity index (χ1n) is 5.99. The molecule has 1 fully saturated rings. The highest BCUT2D eigenvalue weighted by molar-refractivity contribution is 7.92. The van der Waals surface area contributed by atoms with Crippen LogP contribution in [-0.4, -0.2) is 25.2 Å². The Morgan fingerprint density at radius 1 is 1.21 bits per heavy atom. The molecule has 19 heavy (non-hydrogen) atoms. The maximum absolute atomic E-state index is 12.1. The zero-order chi connectivity index (χ0) is 13.9. The Bertz CT molecular complexity index is 617. The van der Waals surface area contributed by atoms with Gasteiger partial charge in [-0.2, -0.15) is 0 Å². The lowest BCUT2D eigenvalue weighted by atomic mass is 10.1. The van der Waals surface area contributed by atoms with Gasteiger partial charge in [0.15, 0.2) is 0 Å². The van der Waals surface area contributed by atoms with E-state index in [9.17, 15) is 13.2 Å². The number of carbonyl (C=O) groups is 1. The fraction of sp³-hybridized carbons (Fsp3) is 0.214. The normalized spacial score (nSPS) is 17.2. The number of benzene rings is 1. The molecule has 1 amide bonds. The second-order valence-corrected chi connectivity index (χ2v) is 6.09. The second kappa shape index (κ2) is 5.40. The molecule has 0 bridgehead atoms. The van der Waals surface area contributed by atoms with E-state index < -0.39 is 15.9 Å². The third-order valence-electron chi connectivity index (χ3n) is 2.91. The number of hydrogen-bond donors (Lipinski definition) is 0. The van der Waals surface area contributed by atoms with Crippen LogP contribution in [0.25, 0.3) is 6.08 Å². The summed E-state index contributed by atoms with van der Waals surface area (Å²) >= 11 is 0. The number of carbonyl (C=O) groups excluding carboxylic acids is 1. The number of piperidine rings is 1. The average molecular weight is 277 g/mol. The Morgan fingerprint density at radius 2 is 1.89 bits per heavy atom. The Morgan fingerprint density at radius 3 is 2.58 bits per heavy atom. The van der Waals surface area contributed by atoms with Gasteiger partial charge < -0.3 is 0 Å². The van der Waals surface area contributed by atoms with Gasteiger partial charge in [0.1, 0.15) is 0 Å². The zero-order valence-corrected chi connectivity index (χ0v) is 11.3. The minimum Gasteiger partial charge on any atom is -0.268 e. The monoisotopic (exact) mass is 277 g/mol. The summed E-state index contributed by atoms with van der Waals surface area (Å²) in [6, 6.07) is 9.08. The first-order valence-corrected chi connectivity index (χ1v) is 7.49. The van der Waals surface area contributed by atoms with Crippen LogP contribution >= 0.6 is 0 Å². The standard InChI is InChI=1S/C14H15NO3S/c1-12-6-5-10-15(14(12)16)19(17,18)11-9-13-7-3-2-4-8-13/h2-4,7-9,11H,1,5-6,10H2/b11-9+. The van der Waals surface area contributed by atoms with Gasteiger partial charge in [-0.1, -0.05) is 36.9 Å². The van der Waals surface area contributed by atoms with Crippen LogP contribution in [0.3, 0.4) is 0 Å². The Balaban J connectivity index is 2.21. The first kappa shape index (κ1) is 13.5. The summed E-state index contributed by atoms with van der Waals surface area (Å²) in [4.78, 5) is 11.8. The van der Waals surface area contributed by atoms with Crippen molar-refractivity contribution in [2.24, 2.45) is 0 Å². The largest absolute Gasteiger partial charge is 0.268 e. The van der Waals surface area contributed by atoms with Gasteiger partial charge in [-0.25, -0.2) is 12.7 Å². The molecule has 1 heterocycles. The van der Waals surface area contributed by atoms with Crippen LogP contribution in [0.2, 0.25) is 0 Å². The average Bonchev–Trinajstić information content (AvgIpc) is 2.41. The molecule has 0 atom stereocenters. The van der Waals surface area contributed by atoms with E-state index in [0.29, 0.717) is 18.4 Å². The van der Waals surface area contributed by atoms with Gasteiger partial charge in [0.25, 0.3) is 15.9 Å². The molecule has 0 radical (unpaired) electrons. The van der Waals surface area contributed by atoms with Gasteiger partial charge in [-0.3, -0.25) is 4.79 Å². The molecule has 0 spiro atoms. The molecule has 1 saturated heterocycles. The minimum atomic E-state index is -3.72. The number of hydrogen-bond acceptors (Lipinski definition) is 3. The summed E-state index contributed by atoms with van der Waals surface area (Å²) in [6.07, 6.45) is 2.68. The van der Waals surface area contributed by atoms with E-state index in [1.165, 1.54) is 6.08 Å². The molecular formula is C14H15NO3S. The van der Waals surface area contributed by atoms with Crippen molar-refractivity contribution >= 4 is 22.0 Å². The van der Waals surface area contributed by atoms with Crippen LogP contribution in [0, 0.1) is 0 Å². The molecule has 100 valence electrons. The summed E-state index contributed by atoms with van der Waals surface area (Å²) < 4.78 is 25.1. The molecule has 1 aliphatic rings. The van der Waals surface area contributed by atoms with Crippen LogP contribution in [-0.2, 0) is 14.8 Å². The van der Waals surface area contributed by atoms with Gasteiger partial charge in [-0.15, -0.1) is 0 Å². The van der Waals surface area contributed by atoms with Crippen LogP contribution < -0.4 is 0 Å². The topological polar surface area (TPSA) is 54.5 Å². The quantitative estimate of drug-likeness (QED) is 0.796. The highest BCUT2D eigenvalue weighted by atomic mass is 32.2. The maximum atomic E-state index is 12.1. The Hall–Kier alpha value is -1.88. The molecule has 0 saturated carbocycles. The second-order valence-electron chi connectivity index (χ2n) is 4.34. The van der Waals surface area contributed by atoms with Crippen LogP contribution in [0.15, 0.2) is 47.9 Å². The summed E-state index contributed by atoms with van der Waals surface area (Å²) in [5.74, 6) is -0.496. The molecule has 2 rings (SSSR count). The predicted octanol–water partition coefficient (Wildman–Crippen LogP) is 2.17. The fourth-order valence-corrected chi connectivity index (χ4v) is 3.09. The van der Waals surface area contributed by atoms with Crippen LogP contribution in [0.1, 0.15) is 18.4 Å². The molecular weight excluding hydrogens is 262 g/mol. The van der Waals surface area contributed by atoms with E-state index in [1.807, 2.05) is 18.2 Å². The summed E-state index contributed by atoms with van der Waals surface area (Å²) in [6.45, 7) is 3.82. The smallest absolute Gasteiger partial charge is 0.262 e. The van der Waals surface area contributed by atoms with Crippen molar-refractivity contribution in [3.63, 3.8) is 0 Å². The predicted molar refractivity (Wildman–Crippen MR) is 74.5 cm³/mol. The van der Waals surface area contributed by atoms with E-state index >= 15 is 0 Å². The highest BCUT2D eigenvalue weighted by Crippen LogP contribution is 2.19. The molecule has 4 nitrogen and oxygen atoms in total. The number of amides is 1. The van der Waals surface area contributed by atoms with Gasteiger partial charge in [0.2, 0.25) is 0 Å². The molecule has 0 aromatic heterocycles. The summed E-state index contributed by atoms with van der Waals surface area (Å²) in [5, 5.41) is 1.07. The SMILES string of the molecule is C=C1CCCN(S(=O)(=O)/C=C/c2ccccc2)C1=O. The lowest BCUT2D eigenvalue weighted by molar-refractivity contribution is -0.123. The molecule has 1 aromatic rings. The minimum absolute atomic E-state index is 0.222. The summed E-state index contributed by atoms with van der Waals surface area (Å²) in [5.41, 5.74) is 1.12. The van der Waals surface area contributed by atoms with E-state index in [4.69, 9.17) is 0 Å². The molecule has 0 unspecified atom stereocenters. The van der Waals surface area contributed by atoms with Crippen molar-refractivity contribution in [2.75, 3.05) is 6.54 Å². The highest BCUT2D eigenvalue weighted by Gasteiger charge is 2.29. The van der Waals surface area contributed by atoms with E-state index in [0.717, 1.165) is 15.3 Å².